The number of anilines is 2. The van der Waals surface area contributed by atoms with Gasteiger partial charge in [-0.3, -0.25) is 29.6 Å². The van der Waals surface area contributed by atoms with E-state index in [1.165, 1.54) is 42.1 Å². The molecule has 3 aliphatic rings. The number of hydrogen-bond donors (Lipinski definition) is 8. The Morgan fingerprint density at radius 3 is 2.29 bits per heavy atom. The summed E-state index contributed by atoms with van der Waals surface area (Å²) in [4.78, 5) is 81.0. The van der Waals surface area contributed by atoms with Gasteiger partial charge in [-0.25, -0.2) is 40.5 Å². The Balaban J connectivity index is 1.03. The number of aromatic nitrogens is 3. The highest BCUT2D eigenvalue weighted by Gasteiger charge is 2.44. The molecule has 0 amide bonds. The average Bonchev–Trinajstić information content (AvgIpc) is 1.31. The summed E-state index contributed by atoms with van der Waals surface area (Å²) in [6.07, 6.45) is -3.15. The van der Waals surface area contributed by atoms with Crippen LogP contribution in [0.15, 0.2) is 81.3 Å². The molecule has 1 aliphatic carbocycles. The van der Waals surface area contributed by atoms with Crippen molar-refractivity contribution in [3.8, 4) is 45.8 Å². The molecule has 4 heterocycles. The first-order chi connectivity index (χ1) is 40.4. The largest absolute Gasteiger partial charge is 0.744 e. The van der Waals surface area contributed by atoms with Gasteiger partial charge in [-0.05, 0) is 47.9 Å². The summed E-state index contributed by atoms with van der Waals surface area (Å²) in [6.45, 7) is 3.92. The Bertz CT molecular complexity index is 4440. The van der Waals surface area contributed by atoms with Crippen molar-refractivity contribution in [2.45, 2.75) is 81.0 Å². The quantitative estimate of drug-likeness (QED) is 0.00499. The molecule has 3 aromatic carbocycles. The molecule has 33 nitrogen and oxygen atoms in total. The fraction of sp³-hybridized carbons (Fsp3) is 0.286. The summed E-state index contributed by atoms with van der Waals surface area (Å²) in [5.74, 6) is 3.82. The number of carbonyl (C=O) groups excluding carboxylic acids is 2. The van der Waals surface area contributed by atoms with E-state index in [1.807, 2.05) is 0 Å². The van der Waals surface area contributed by atoms with Gasteiger partial charge in [0.25, 0.3) is 12.2 Å². The SMILES string of the molecule is COc1cc([C@@H](OCc2cn([C@H]3CC(O)[C@@H](COP(=O)(O)OP(=O)(O)OP(=O)(O)O)O3)c3ncnc(N)c23)C(C)(C)C)c([N+](=O)[O-])cc1C#CCCC(=O)c1ccc(-c2c3ccc(=N)c(S(=O)(=O)[O-])c-3oc3c(S(=O)(=O)[O-])c(N)ccc23)c(OC=O)c1. The van der Waals surface area contributed by atoms with Gasteiger partial charge in [0.05, 0.1) is 65.0 Å². The van der Waals surface area contributed by atoms with Crippen LogP contribution in [0.25, 0.3) is 44.5 Å². The van der Waals surface area contributed by atoms with Gasteiger partial charge >= 0.3 is 23.5 Å². The van der Waals surface area contributed by atoms with Gasteiger partial charge in [-0.2, -0.15) is 8.62 Å². The number of nitrogens with one attached hydrogen (secondary N) is 1. The Hall–Kier alpha value is -7.42. The maximum absolute atomic E-state index is 13.7. The molecule has 2 aliphatic heterocycles. The molecule has 3 unspecified atom stereocenters. The molecule has 5 aromatic rings. The molecule has 1 saturated heterocycles. The summed E-state index contributed by atoms with van der Waals surface area (Å²) >= 11 is 0. The van der Waals surface area contributed by atoms with Crippen LogP contribution >= 0.6 is 23.5 Å². The van der Waals surface area contributed by atoms with Gasteiger partial charge in [-0.15, -0.1) is 0 Å². The molecule has 0 spiro atoms. The van der Waals surface area contributed by atoms with E-state index in [1.54, 1.807) is 20.8 Å². The third-order valence-electron chi connectivity index (χ3n) is 13.0. The number of nitro groups is 1. The summed E-state index contributed by atoms with van der Waals surface area (Å²) in [6, 6.07) is 10.5. The zero-order valence-corrected chi connectivity index (χ0v) is 49.5. The van der Waals surface area contributed by atoms with Crippen LogP contribution in [-0.2, 0) is 68.0 Å². The highest BCUT2D eigenvalue weighted by molar-refractivity contribution is 7.86. The number of aliphatic hydroxyl groups excluding tert-OH is 1. The van der Waals surface area contributed by atoms with E-state index in [2.05, 4.69) is 35.0 Å². The lowest BCUT2D eigenvalue weighted by molar-refractivity contribution is -0.386. The molecule has 6 atom stereocenters. The number of nitrogens with zero attached hydrogens (tertiary/aromatic N) is 4. The smallest absolute Gasteiger partial charge is 0.490 e. The number of carbonyl (C=O) groups is 2. The molecule has 0 bridgehead atoms. The molecule has 1 fully saturated rings. The second-order valence-electron chi connectivity index (χ2n) is 20.0. The first kappa shape index (κ1) is 65.6. The summed E-state index contributed by atoms with van der Waals surface area (Å²) in [5, 5.41) is 31.1. The highest BCUT2D eigenvalue weighted by Crippen LogP contribution is 2.66. The fourth-order valence-electron chi connectivity index (χ4n) is 9.53. The number of methoxy groups -OCH3 is 1. The number of Topliss-reactive ketones (excluding diaryl/α,β-unsaturated/α-hetero) is 1. The molecule has 0 radical (unpaired) electrons. The van der Waals surface area contributed by atoms with Crippen LogP contribution < -0.4 is 26.3 Å². The Labute approximate surface area is 490 Å². The van der Waals surface area contributed by atoms with Crippen molar-refractivity contribution in [1.29, 1.82) is 5.41 Å². The first-order valence-corrected chi connectivity index (χ1v) is 32.0. The van der Waals surface area contributed by atoms with E-state index >= 15 is 0 Å². The molecule has 0 saturated carbocycles. The van der Waals surface area contributed by atoms with Gasteiger partial charge in [0.2, 0.25) is 0 Å². The first-order valence-electron chi connectivity index (χ1n) is 24.7. The molecule has 464 valence electrons. The van der Waals surface area contributed by atoms with Crippen LogP contribution in [0.1, 0.15) is 79.4 Å². The lowest BCUT2D eigenvalue weighted by Crippen LogP contribution is -2.26. The number of ketones is 1. The van der Waals surface area contributed by atoms with Crippen molar-refractivity contribution in [2.75, 3.05) is 25.2 Å². The van der Waals surface area contributed by atoms with Crippen LogP contribution in [0.3, 0.4) is 0 Å². The van der Waals surface area contributed by atoms with Gasteiger partial charge in [0.15, 0.2) is 17.1 Å². The predicted octanol–water partition coefficient (Wildman–Crippen LogP) is 5.16. The second-order valence-corrected chi connectivity index (χ2v) is 27.0. The van der Waals surface area contributed by atoms with Crippen molar-refractivity contribution in [3.05, 3.63) is 105 Å². The number of nitrogen functional groups attached to an aromatic ring is 2. The number of phosphoric acid groups is 3. The Kier molecular flexibility index (Phi) is 18.6. The third kappa shape index (κ3) is 14.5. The summed E-state index contributed by atoms with van der Waals surface area (Å²) in [7, 11) is -26.8. The van der Waals surface area contributed by atoms with Crippen LogP contribution in [0.2, 0.25) is 0 Å². The topological polar surface area (TPSA) is 528 Å². The molecule has 2 aromatic heterocycles. The van der Waals surface area contributed by atoms with Gasteiger partial charge in [0.1, 0.15) is 71.7 Å². The number of rotatable bonds is 22. The number of hydrogen-bond acceptors (Lipinski definition) is 27. The summed E-state index contributed by atoms with van der Waals surface area (Å²) in [5.41, 5.74) is 9.36. The van der Waals surface area contributed by atoms with Crippen molar-refractivity contribution < 1.29 is 115 Å². The Morgan fingerprint density at radius 1 is 0.966 bits per heavy atom. The minimum absolute atomic E-state index is 0.0129. The van der Waals surface area contributed by atoms with Crippen LogP contribution in [-0.4, -0.2) is 108 Å². The Morgan fingerprint density at radius 2 is 1.66 bits per heavy atom. The molecular weight excluding hydrogens is 1260 g/mol. The maximum Gasteiger partial charge on any atom is 0.490 e. The lowest BCUT2D eigenvalue weighted by atomic mass is 9.83. The van der Waals surface area contributed by atoms with Gasteiger partial charge in [-0.1, -0.05) is 38.7 Å². The van der Waals surface area contributed by atoms with Crippen molar-refractivity contribution in [3.63, 3.8) is 0 Å². The van der Waals surface area contributed by atoms with E-state index in [-0.39, 0.29) is 99.5 Å². The molecular formula is C49H48N7O26P3S2-2. The van der Waals surface area contributed by atoms with E-state index in [9.17, 15) is 74.2 Å². The number of fused-ring (bicyclic) bond motifs is 3. The van der Waals surface area contributed by atoms with E-state index < -0.39 is 129 Å². The number of nitrogens with two attached hydrogens (primary N) is 2. The second kappa shape index (κ2) is 24.6. The predicted molar refractivity (Wildman–Crippen MR) is 295 cm³/mol. The van der Waals surface area contributed by atoms with Crippen molar-refractivity contribution >= 4 is 95.2 Å². The minimum Gasteiger partial charge on any atom is -0.744 e. The molecule has 10 N–H and O–H groups in total. The normalized spacial score (nSPS) is 17.5. The molecule has 8 rings (SSSR count). The zero-order chi connectivity index (χ0) is 64.1. The molecule has 87 heavy (non-hydrogen) atoms. The lowest BCUT2D eigenvalue weighted by Gasteiger charge is -2.31. The van der Waals surface area contributed by atoms with Gasteiger partial charge in [0, 0.05) is 64.7 Å². The van der Waals surface area contributed by atoms with E-state index in [0.29, 0.717) is 5.56 Å². The van der Waals surface area contributed by atoms with Crippen LogP contribution in [0.4, 0.5) is 17.2 Å². The number of aliphatic hydroxyl groups is 1. The number of phosphoric ester groups is 1. The number of ether oxygens (including phenoxy) is 4. The fourth-order valence-corrected chi connectivity index (χ4v) is 14.0. The molecule has 38 heteroatoms. The summed E-state index contributed by atoms with van der Waals surface area (Å²) < 4.78 is 153. The monoisotopic (exact) mass is 1310 g/mol. The minimum atomic E-state index is -5.85. The van der Waals surface area contributed by atoms with Crippen LogP contribution in [0.5, 0.6) is 11.5 Å². The number of nitro benzene ring substituents is 1. The van der Waals surface area contributed by atoms with Crippen molar-refractivity contribution in [1.82, 2.24) is 14.5 Å². The number of benzene rings is 4. The van der Waals surface area contributed by atoms with E-state index in [0.717, 1.165) is 36.7 Å². The zero-order valence-electron chi connectivity index (χ0n) is 45.2. The highest BCUT2D eigenvalue weighted by atomic mass is 32.2. The average molecular weight is 1310 g/mol. The van der Waals surface area contributed by atoms with Crippen LogP contribution in [0, 0.1) is 32.8 Å². The third-order valence-corrected chi connectivity index (χ3v) is 18.6. The standard InChI is InChI=1S/C49H50N7O26P3S2/c1-49(2,3)46(76-20-26-19-55(48-40(26)47(52)53-22-54-48)39-18-35(59)38(79-39)21-78-84(65,66)82-85(67,68)81-83(62,63)64)30-17-36(75-4)25(15-33(30)56(60)61)7-5-6-8-34(58)24-9-10-27(37(16-24)77-23-57)41-28-11-13-31(50)44(86(69,70)71)42(28)80-43-29(41)12-14-32(51)45(43)87(72,73)74/h9-17,19,22-23,35,38-39,46,50,59H,6,8,18,20-21,51H2,1-4H3,(H,65,66)(H,67,68)(H2,52,53,54)(H2,62,63,64)(H,69,70,71)(H,72,73,74)/p-2/t35?,38-,39-,46-/m1/s1. The van der Waals surface area contributed by atoms with E-state index in [4.69, 9.17) is 50.0 Å². The van der Waals surface area contributed by atoms with Gasteiger partial charge < -0.3 is 73.2 Å². The maximum atomic E-state index is 13.7. The van der Waals surface area contributed by atoms with Crippen molar-refractivity contribution in [2.24, 2.45) is 5.41 Å².